The average molecular weight is 300 g/mol. The zero-order valence-corrected chi connectivity index (χ0v) is 11.6. The summed E-state index contributed by atoms with van der Waals surface area (Å²) in [5, 5.41) is 5.20. The molecule has 1 aromatic heterocycles. The van der Waals surface area contributed by atoms with Gasteiger partial charge in [-0.05, 0) is 18.6 Å². The molecular weight excluding hydrogens is 284 g/mol. The van der Waals surface area contributed by atoms with Gasteiger partial charge < -0.3 is 15.1 Å². The van der Waals surface area contributed by atoms with Gasteiger partial charge in [0.1, 0.15) is 0 Å². The Morgan fingerprint density at radius 1 is 1.40 bits per heavy atom. The number of hydrogen-bond donors (Lipinski definition) is 2. The largest absolute Gasteiger partial charge is 0.459 e. The van der Waals surface area contributed by atoms with Gasteiger partial charge in [-0.2, -0.15) is 0 Å². The first-order chi connectivity index (χ1) is 9.46. The van der Waals surface area contributed by atoms with Crippen molar-refractivity contribution >= 4 is 21.7 Å². The van der Waals surface area contributed by atoms with E-state index in [1.165, 1.54) is 12.3 Å². The van der Waals surface area contributed by atoms with Crippen LogP contribution in [0.3, 0.4) is 0 Å². The van der Waals surface area contributed by atoms with E-state index < -0.39 is 9.84 Å². The normalized spacial score (nSPS) is 20.5. The van der Waals surface area contributed by atoms with Crippen molar-refractivity contribution in [3.05, 3.63) is 24.2 Å². The van der Waals surface area contributed by atoms with Crippen molar-refractivity contribution in [2.45, 2.75) is 18.9 Å². The summed E-state index contributed by atoms with van der Waals surface area (Å²) < 4.78 is 27.4. The first-order valence-corrected chi connectivity index (χ1v) is 8.10. The Hall–Kier alpha value is -1.83. The van der Waals surface area contributed by atoms with E-state index in [-0.39, 0.29) is 48.1 Å². The molecule has 2 heterocycles. The molecule has 1 aliphatic heterocycles. The minimum absolute atomic E-state index is 0.00249. The lowest BCUT2D eigenvalue weighted by atomic mass is 10.2. The molecule has 1 atom stereocenters. The van der Waals surface area contributed by atoms with Crippen LogP contribution in [0.25, 0.3) is 0 Å². The second-order valence-corrected chi connectivity index (χ2v) is 6.88. The number of hydrogen-bond acceptors (Lipinski definition) is 5. The van der Waals surface area contributed by atoms with Gasteiger partial charge in [-0.25, -0.2) is 8.42 Å². The van der Waals surface area contributed by atoms with Gasteiger partial charge in [0.05, 0.1) is 17.8 Å². The molecule has 1 aromatic rings. The van der Waals surface area contributed by atoms with Gasteiger partial charge in [-0.15, -0.1) is 0 Å². The number of furan rings is 1. The van der Waals surface area contributed by atoms with E-state index in [0.717, 1.165) is 0 Å². The second kappa shape index (κ2) is 6.08. The average Bonchev–Trinajstić information content (AvgIpc) is 2.98. The number of carbonyl (C=O) groups excluding carboxylic acids is 2. The molecule has 110 valence electrons. The van der Waals surface area contributed by atoms with Crippen molar-refractivity contribution in [1.29, 1.82) is 0 Å². The van der Waals surface area contributed by atoms with E-state index in [1.54, 1.807) is 6.07 Å². The number of carbonyl (C=O) groups is 2. The Labute approximate surface area is 116 Å². The second-order valence-electron chi connectivity index (χ2n) is 4.65. The van der Waals surface area contributed by atoms with Crippen molar-refractivity contribution in [3.63, 3.8) is 0 Å². The standard InChI is InChI=1S/C12H16N2O5S/c15-11(14-9-4-7-20(17,18)8-9)3-5-13-12(16)10-2-1-6-19-10/h1-2,6,9H,3-5,7-8H2,(H,13,16)(H,14,15)/t9-/m1/s1. The molecule has 0 aromatic carbocycles. The lowest BCUT2D eigenvalue weighted by Gasteiger charge is -2.10. The van der Waals surface area contributed by atoms with Crippen LogP contribution in [0, 0.1) is 0 Å². The lowest BCUT2D eigenvalue weighted by Crippen LogP contribution is -2.37. The van der Waals surface area contributed by atoms with Crippen molar-refractivity contribution in [2.24, 2.45) is 0 Å². The van der Waals surface area contributed by atoms with Gasteiger partial charge in [-0.1, -0.05) is 0 Å². The molecular formula is C12H16N2O5S. The van der Waals surface area contributed by atoms with Crippen LogP contribution in [0.2, 0.25) is 0 Å². The Kier molecular flexibility index (Phi) is 4.43. The maximum atomic E-state index is 11.6. The van der Waals surface area contributed by atoms with E-state index in [2.05, 4.69) is 10.6 Å². The molecule has 0 bridgehead atoms. The van der Waals surface area contributed by atoms with E-state index >= 15 is 0 Å². The zero-order chi connectivity index (χ0) is 14.6. The number of nitrogens with one attached hydrogen (secondary N) is 2. The fraction of sp³-hybridized carbons (Fsp3) is 0.500. The van der Waals surface area contributed by atoms with Crippen LogP contribution in [0.4, 0.5) is 0 Å². The number of rotatable bonds is 5. The van der Waals surface area contributed by atoms with Gasteiger partial charge >= 0.3 is 0 Å². The first kappa shape index (κ1) is 14.6. The SMILES string of the molecule is O=C(CCNC(=O)c1ccco1)N[C@@H]1CCS(=O)(=O)C1. The summed E-state index contributed by atoms with van der Waals surface area (Å²) in [6.07, 6.45) is 1.94. The zero-order valence-electron chi connectivity index (χ0n) is 10.8. The van der Waals surface area contributed by atoms with Gasteiger partial charge in [0.2, 0.25) is 5.91 Å². The molecule has 1 fully saturated rings. The van der Waals surface area contributed by atoms with Crippen LogP contribution >= 0.6 is 0 Å². The van der Waals surface area contributed by atoms with Crippen LogP contribution in [0.1, 0.15) is 23.4 Å². The Morgan fingerprint density at radius 3 is 2.80 bits per heavy atom. The molecule has 8 heteroatoms. The van der Waals surface area contributed by atoms with Crippen LogP contribution in [0.15, 0.2) is 22.8 Å². The fourth-order valence-corrected chi connectivity index (χ4v) is 3.67. The van der Waals surface area contributed by atoms with Crippen molar-refractivity contribution < 1.29 is 22.4 Å². The maximum absolute atomic E-state index is 11.6. The topological polar surface area (TPSA) is 105 Å². The molecule has 1 saturated heterocycles. The molecule has 2 rings (SSSR count). The van der Waals surface area contributed by atoms with Crippen molar-refractivity contribution in [3.8, 4) is 0 Å². The highest BCUT2D eigenvalue weighted by atomic mass is 32.2. The summed E-state index contributed by atoms with van der Waals surface area (Å²) >= 11 is 0. The van der Waals surface area contributed by atoms with E-state index in [9.17, 15) is 18.0 Å². The number of sulfone groups is 1. The lowest BCUT2D eigenvalue weighted by molar-refractivity contribution is -0.121. The highest BCUT2D eigenvalue weighted by Crippen LogP contribution is 2.11. The molecule has 7 nitrogen and oxygen atoms in total. The third-order valence-electron chi connectivity index (χ3n) is 2.98. The first-order valence-electron chi connectivity index (χ1n) is 6.28. The molecule has 0 unspecified atom stereocenters. The molecule has 0 radical (unpaired) electrons. The molecule has 0 aliphatic carbocycles. The summed E-state index contributed by atoms with van der Waals surface area (Å²) in [6.45, 7) is 0.171. The van der Waals surface area contributed by atoms with Crippen LogP contribution in [-0.4, -0.2) is 44.3 Å². The van der Waals surface area contributed by atoms with Gasteiger partial charge in [0, 0.05) is 19.0 Å². The van der Waals surface area contributed by atoms with Gasteiger partial charge in [-0.3, -0.25) is 9.59 Å². The van der Waals surface area contributed by atoms with Crippen molar-refractivity contribution in [2.75, 3.05) is 18.1 Å². The van der Waals surface area contributed by atoms with Crippen molar-refractivity contribution in [1.82, 2.24) is 10.6 Å². The van der Waals surface area contributed by atoms with E-state index in [1.807, 2.05) is 0 Å². The van der Waals surface area contributed by atoms with Crippen LogP contribution < -0.4 is 10.6 Å². The highest BCUT2D eigenvalue weighted by molar-refractivity contribution is 7.91. The summed E-state index contributed by atoms with van der Waals surface area (Å²) in [6, 6.07) is 2.81. The van der Waals surface area contributed by atoms with Gasteiger partial charge in [0.15, 0.2) is 15.6 Å². The summed E-state index contributed by atoms with van der Waals surface area (Å²) in [4.78, 5) is 23.1. The molecule has 0 saturated carbocycles. The van der Waals surface area contributed by atoms with Crippen LogP contribution in [-0.2, 0) is 14.6 Å². The molecule has 1 aliphatic rings. The summed E-state index contributed by atoms with van der Waals surface area (Å²) in [7, 11) is -3.00. The Bertz CT molecular complexity index is 579. The van der Waals surface area contributed by atoms with Crippen LogP contribution in [0.5, 0.6) is 0 Å². The monoisotopic (exact) mass is 300 g/mol. The molecule has 0 spiro atoms. The predicted octanol–water partition coefficient (Wildman–Crippen LogP) is -0.297. The quantitative estimate of drug-likeness (QED) is 0.777. The smallest absolute Gasteiger partial charge is 0.286 e. The summed E-state index contributed by atoms with van der Waals surface area (Å²) in [5.74, 6) is -0.351. The predicted molar refractivity (Wildman–Crippen MR) is 70.9 cm³/mol. The Morgan fingerprint density at radius 2 is 2.20 bits per heavy atom. The molecule has 2 N–H and O–H groups in total. The minimum atomic E-state index is -3.00. The molecule has 20 heavy (non-hydrogen) atoms. The third-order valence-corrected chi connectivity index (χ3v) is 4.75. The van der Waals surface area contributed by atoms with Gasteiger partial charge in [0.25, 0.3) is 5.91 Å². The fourth-order valence-electron chi connectivity index (χ4n) is 1.99. The molecule has 2 amide bonds. The van der Waals surface area contributed by atoms with E-state index in [0.29, 0.717) is 6.42 Å². The third kappa shape index (κ3) is 4.09. The maximum Gasteiger partial charge on any atom is 0.286 e. The summed E-state index contributed by atoms with van der Waals surface area (Å²) in [5.41, 5.74) is 0. The number of amides is 2. The minimum Gasteiger partial charge on any atom is -0.459 e. The highest BCUT2D eigenvalue weighted by Gasteiger charge is 2.28. The van der Waals surface area contributed by atoms with E-state index in [4.69, 9.17) is 4.42 Å². The Balaban J connectivity index is 1.67.